The molecule has 4 aliphatic rings. The first-order valence-corrected chi connectivity index (χ1v) is 47.0. The Morgan fingerprint density at radius 3 is 2.05 bits per heavy atom. The van der Waals surface area contributed by atoms with Crippen LogP contribution >= 0.6 is 43.2 Å². The number of carboxylic acids is 3. The van der Waals surface area contributed by atoms with Crippen molar-refractivity contribution in [2.24, 2.45) is 11.1 Å². The molecule has 0 bridgehead atoms. The zero-order valence-corrected chi connectivity index (χ0v) is 76.1. The highest BCUT2D eigenvalue weighted by molar-refractivity contribution is 8.77. The van der Waals surface area contributed by atoms with Gasteiger partial charge < -0.3 is 112 Å². The Hall–Kier alpha value is -12.3. The number of aliphatic hydroxyl groups excluding tert-OH is 2. The monoisotopic (exact) mass is 1890 g/mol. The molecule has 7 amide bonds. The van der Waals surface area contributed by atoms with Crippen LogP contribution in [0.15, 0.2) is 107 Å². The third-order valence-electron chi connectivity index (χ3n) is 23.9. The number of nitrogens with one attached hydrogen (secondary N) is 10. The molecule has 6 aromatic rings. The summed E-state index contributed by atoms with van der Waals surface area (Å²) in [5.74, 6) is -8.78. The van der Waals surface area contributed by atoms with E-state index in [1.54, 1.807) is 36.4 Å². The molecule has 1 saturated heterocycles. The lowest BCUT2D eigenvalue weighted by Crippen LogP contribution is -2.74. The zero-order chi connectivity index (χ0) is 95.1. The van der Waals surface area contributed by atoms with Gasteiger partial charge in [0.2, 0.25) is 35.5 Å². The molecule has 2 aromatic heterocycles. The summed E-state index contributed by atoms with van der Waals surface area (Å²) >= 11 is 0. The summed E-state index contributed by atoms with van der Waals surface area (Å²) in [5.41, 5.74) is 18.4. The Morgan fingerprint density at radius 2 is 1.43 bits per heavy atom. The van der Waals surface area contributed by atoms with Crippen molar-refractivity contribution in [3.8, 4) is 18.1 Å². The number of para-hydroxylation sites is 1. The average molecular weight is 1890 g/mol. The number of benzene rings is 4. The number of aliphatic carboxylic acids is 3. The van der Waals surface area contributed by atoms with Crippen LogP contribution in [0.1, 0.15) is 123 Å². The quantitative estimate of drug-likeness (QED) is 0.00297. The Morgan fingerprint density at radius 1 is 0.786 bits per heavy atom. The van der Waals surface area contributed by atoms with Crippen molar-refractivity contribution in [2.45, 2.75) is 151 Å². The van der Waals surface area contributed by atoms with Crippen LogP contribution in [0.2, 0.25) is 0 Å². The lowest BCUT2D eigenvalue weighted by Gasteiger charge is -2.63. The van der Waals surface area contributed by atoms with Crippen LogP contribution in [0.4, 0.5) is 22.1 Å². The average Bonchev–Trinajstić information content (AvgIpc) is 1.48. The van der Waals surface area contributed by atoms with Gasteiger partial charge in [-0.05, 0) is 117 Å². The zero-order valence-electron chi connectivity index (χ0n) is 72.8. The van der Waals surface area contributed by atoms with E-state index in [4.69, 9.17) is 41.7 Å². The fraction of sp³-hybridized carbons (Fsp3) is 0.460. The van der Waals surface area contributed by atoms with Gasteiger partial charge in [-0.1, -0.05) is 105 Å². The van der Waals surface area contributed by atoms with E-state index in [1.807, 2.05) is 103 Å². The second-order valence-corrected chi connectivity index (χ2v) is 36.9. The van der Waals surface area contributed by atoms with Crippen LogP contribution in [0.5, 0.6) is 5.75 Å². The van der Waals surface area contributed by atoms with E-state index >= 15 is 0 Å². The van der Waals surface area contributed by atoms with E-state index in [-0.39, 0.29) is 117 Å². The Bertz CT molecular complexity index is 5420. The Labute approximate surface area is 768 Å². The van der Waals surface area contributed by atoms with Gasteiger partial charge >= 0.3 is 41.9 Å². The molecule has 1 saturated carbocycles. The number of aliphatic hydroxyl groups is 2. The van der Waals surface area contributed by atoms with Crippen molar-refractivity contribution in [2.75, 3.05) is 112 Å². The molecule has 10 atom stereocenters. The fourth-order valence-corrected chi connectivity index (χ4v) is 21.4. The fourth-order valence-electron chi connectivity index (χ4n) is 17.8. The molecule has 44 heteroatoms. The SMILES string of the molecule is C#CCN(Cc1ccc2nc(N)[nH]c(=O)c2c1)c1ccc(C(=O)NCCCC(=O)OCCSSCCC(=O)N[C@@H](CC(=O)O)C(=O)N[C@@H](CC(=O)O)C(=O)N[C@@H](CC(=O)O)C(=O)N[C@H](C=O)CNC(=O)CCSSCCOC(=O)NNOC(O)=C2[C@H](O)[C@]3(CC)C=CCN4CC[C@@]5(c6cc([C@](CC)(C(=O)OC)c7[nH]c8ccccc8c7CCN)c(OC)cc6N(C)[C@@]25C)[C@@H]43)cc1. The maximum absolute atomic E-state index is 14.9. The number of nitrogens with two attached hydrogens (primary N) is 2. The molecule has 4 aromatic carbocycles. The highest BCUT2D eigenvalue weighted by atomic mass is 33.1. The highest BCUT2D eigenvalue weighted by Crippen LogP contribution is 2.71. The molecule has 131 heavy (non-hydrogen) atoms. The van der Waals surface area contributed by atoms with E-state index < -0.39 is 149 Å². The summed E-state index contributed by atoms with van der Waals surface area (Å²) in [6.07, 6.45) is 5.68. The number of terminal acetylenes is 1. The number of nitrogen functional groups attached to an aromatic ring is 1. The van der Waals surface area contributed by atoms with Crippen LogP contribution in [-0.2, 0) is 95.6 Å². The number of fused-ring (bicyclic) bond motifs is 3. The van der Waals surface area contributed by atoms with Gasteiger partial charge in [0.1, 0.15) is 54.8 Å². The number of amides is 7. The molecule has 10 rings (SSSR count). The van der Waals surface area contributed by atoms with Gasteiger partial charge in [-0.2, -0.15) is 0 Å². The summed E-state index contributed by atoms with van der Waals surface area (Å²) in [7, 11) is 9.61. The summed E-state index contributed by atoms with van der Waals surface area (Å²) in [5, 5.41) is 69.3. The number of likely N-dealkylation sites (N-methyl/N-ethyl adjacent to an activating group) is 1. The number of aldehydes is 1. The van der Waals surface area contributed by atoms with Crippen molar-refractivity contribution in [1.29, 1.82) is 0 Å². The topological polar surface area (TPSA) is 589 Å². The predicted molar refractivity (Wildman–Crippen MR) is 490 cm³/mol. The molecule has 704 valence electrons. The van der Waals surface area contributed by atoms with Crippen LogP contribution in [0.3, 0.4) is 0 Å². The van der Waals surface area contributed by atoms with E-state index in [1.165, 1.54) is 57.4 Å². The molecule has 2 fully saturated rings. The number of hydrazine groups is 1. The van der Waals surface area contributed by atoms with Crippen molar-refractivity contribution >= 4 is 160 Å². The summed E-state index contributed by atoms with van der Waals surface area (Å²) in [6, 6.07) is 15.8. The standard InChI is InChI=1S/C87H108N16O24S4/c1-8-31-103(47-49-18-23-59-55(40-49)75(116)98-82(89)97-59)52-21-19-50(20-22-52)74(115)90-30-13-17-70(113)125-34-38-130-129-37-26-66(106)93-60(42-67(107)108)77(118)96-62(44-69(111)112)78(119)95-61(43-68(109)110)76(117)92-51(48-104)46-91-65(105)25-36-128-131-39-35-126-83(122)99-100-127-79(120)71-73(114)85(9-2)27-14-32-102-33-28-87(80(85)102)56-41-57(64(123-6)45-63(56)101(5)84(71,87)4)86(10-3,81(121)124-7)72-54(24-29-88)53-15-11-12-16-58(53)94-72/h1,11-12,14-16,18-23,27,40-41,45,48,51,60-62,73,80,94,100,114,120H,9-10,13,17,24-26,28-39,42-44,46-47,88H2,2-7H3,(H,90,115)(H,91,105)(H,92,117)(H,93,106)(H,95,119)(H,96,118)(H,99,122)(H,107,108)(H,109,110)(H,111,112)(H3,89,97,98,116)/t51-,60-,61-,62-,73-,80-,84-,85-,86-,87+/m0/s1. The first-order chi connectivity index (χ1) is 62.7. The largest absolute Gasteiger partial charge is 0.496 e. The predicted octanol–water partition coefficient (Wildman–Crippen LogP) is 3.77. The molecule has 40 nitrogen and oxygen atoms in total. The second kappa shape index (κ2) is 46.0. The second-order valence-electron chi connectivity index (χ2n) is 31.5. The molecule has 19 N–H and O–H groups in total. The number of esters is 2. The van der Waals surface area contributed by atoms with Gasteiger partial charge in [-0.25, -0.2) is 15.2 Å². The van der Waals surface area contributed by atoms with Crippen molar-refractivity contribution in [1.82, 2.24) is 62.8 Å². The Kier molecular flexibility index (Phi) is 35.4. The summed E-state index contributed by atoms with van der Waals surface area (Å²) < 4.78 is 22.6. The van der Waals surface area contributed by atoms with Gasteiger partial charge in [0.15, 0.2) is 0 Å². The van der Waals surface area contributed by atoms with E-state index in [9.17, 15) is 92.7 Å². The number of anilines is 3. The molecule has 1 spiro atoms. The summed E-state index contributed by atoms with van der Waals surface area (Å²) in [4.78, 5) is 203. The molecule has 5 heterocycles. The number of aromatic nitrogens is 3. The highest BCUT2D eigenvalue weighted by Gasteiger charge is 2.77. The maximum atomic E-state index is 14.9. The smallest absolute Gasteiger partial charge is 0.424 e. The molecule has 3 aliphatic heterocycles. The number of carbonyl (C=O) groups is 13. The van der Waals surface area contributed by atoms with Crippen LogP contribution < -0.4 is 74.5 Å². The Balaban J connectivity index is 0.625. The number of methoxy groups -OCH3 is 2. The molecule has 0 radical (unpaired) electrons. The number of hydrogen-bond acceptors (Lipinski definition) is 32. The van der Waals surface area contributed by atoms with Crippen molar-refractivity contribution in [3.63, 3.8) is 0 Å². The van der Waals surface area contributed by atoms with Crippen LogP contribution in [-0.4, -0.2) is 262 Å². The third kappa shape index (κ3) is 23.0. The van der Waals surface area contributed by atoms with Gasteiger partial charge in [0, 0.05) is 138 Å². The van der Waals surface area contributed by atoms with Crippen LogP contribution in [0.25, 0.3) is 21.8 Å². The van der Waals surface area contributed by atoms with Crippen LogP contribution in [0, 0.1) is 17.8 Å². The van der Waals surface area contributed by atoms with Crippen molar-refractivity contribution < 1.29 is 112 Å². The third-order valence-corrected chi connectivity index (χ3v) is 28.6. The van der Waals surface area contributed by atoms with Gasteiger partial charge in [-0.15, -0.1) is 6.42 Å². The number of carbonyl (C=O) groups excluding carboxylic acids is 10. The first kappa shape index (κ1) is 101. The van der Waals surface area contributed by atoms with Crippen molar-refractivity contribution in [3.05, 3.63) is 146 Å². The molecular weight excluding hydrogens is 1780 g/mol. The molecular formula is C87H108N16O24S4. The number of rotatable bonds is 50. The maximum Gasteiger partial charge on any atom is 0.424 e. The normalized spacial score (nSPS) is 19.2. The first-order valence-electron chi connectivity index (χ1n) is 42.0. The summed E-state index contributed by atoms with van der Waals surface area (Å²) in [6.45, 7) is 7.41. The number of hydrogen-bond donors (Lipinski definition) is 17. The number of aromatic amines is 2. The van der Waals surface area contributed by atoms with Gasteiger partial charge in [0.05, 0.1) is 68.1 Å². The lowest BCUT2D eigenvalue weighted by molar-refractivity contribution is -0.146. The number of ether oxygens (including phenoxy) is 4. The van der Waals surface area contributed by atoms with Gasteiger partial charge in [0.25, 0.3) is 11.5 Å². The van der Waals surface area contributed by atoms with Gasteiger partial charge in [-0.3, -0.25) is 67.4 Å². The number of nitrogens with zero attached hydrogens (tertiary/aromatic N) is 4. The minimum atomic E-state index is -2.10. The minimum absolute atomic E-state index is 0.00495. The lowest BCUT2D eigenvalue weighted by atomic mass is 9.46. The van der Waals surface area contributed by atoms with E-state index in [0.29, 0.717) is 78.9 Å². The minimum Gasteiger partial charge on any atom is -0.496 e. The van der Waals surface area contributed by atoms with E-state index in [2.05, 4.69) is 58.1 Å². The molecule has 1 aliphatic carbocycles. The number of carboxylic acid groups (broad SMARTS) is 3. The van der Waals surface area contributed by atoms with E-state index in [0.717, 1.165) is 39.0 Å². The number of H-pyrrole nitrogens is 2. The molecule has 0 unspecified atom stereocenters.